The second kappa shape index (κ2) is 8.21. The smallest absolute Gasteiger partial charge is 0.255 e. The summed E-state index contributed by atoms with van der Waals surface area (Å²) >= 11 is 0. The van der Waals surface area contributed by atoms with Gasteiger partial charge in [-0.2, -0.15) is 9.57 Å². The standard InChI is InChI=1S/C19H18N4O4S/c20-13-16-4-1-2-7-18(16)21-19(25)15-5-3-6-17(12-15)28(26,27)23-10-8-22(14-24)9-11-23/h1-7,12,14H,8-11H2,(H,21,25). The summed E-state index contributed by atoms with van der Waals surface area (Å²) in [6.07, 6.45) is 0.702. The minimum Gasteiger partial charge on any atom is -0.343 e. The first-order valence-corrected chi connectivity index (χ1v) is 10.00. The number of nitrogens with zero attached hydrogens (tertiary/aromatic N) is 3. The zero-order valence-corrected chi connectivity index (χ0v) is 15.7. The highest BCUT2D eigenvalue weighted by molar-refractivity contribution is 7.89. The molecule has 9 heteroatoms. The highest BCUT2D eigenvalue weighted by Crippen LogP contribution is 2.20. The summed E-state index contributed by atoms with van der Waals surface area (Å²) in [6, 6.07) is 14.3. The van der Waals surface area contributed by atoms with Gasteiger partial charge in [-0.3, -0.25) is 9.59 Å². The van der Waals surface area contributed by atoms with Gasteiger partial charge < -0.3 is 10.2 Å². The van der Waals surface area contributed by atoms with E-state index in [1.54, 1.807) is 24.3 Å². The number of piperazine rings is 1. The topological polar surface area (TPSA) is 111 Å². The fourth-order valence-corrected chi connectivity index (χ4v) is 4.35. The third-order valence-electron chi connectivity index (χ3n) is 4.45. The minimum absolute atomic E-state index is 0.00766. The van der Waals surface area contributed by atoms with E-state index < -0.39 is 15.9 Å². The van der Waals surface area contributed by atoms with Crippen LogP contribution in [0.5, 0.6) is 0 Å². The number of amides is 2. The maximum absolute atomic E-state index is 12.9. The Kier molecular flexibility index (Phi) is 5.73. The molecular formula is C19H18N4O4S. The zero-order chi connectivity index (χ0) is 20.1. The van der Waals surface area contributed by atoms with Crippen LogP contribution in [0.4, 0.5) is 5.69 Å². The Morgan fingerprint density at radius 2 is 1.79 bits per heavy atom. The van der Waals surface area contributed by atoms with Gasteiger partial charge in [0.1, 0.15) is 6.07 Å². The second-order valence-corrected chi connectivity index (χ2v) is 8.12. The number of hydrogen-bond acceptors (Lipinski definition) is 5. The molecule has 2 aromatic carbocycles. The molecular weight excluding hydrogens is 380 g/mol. The van der Waals surface area contributed by atoms with Crippen LogP contribution in [0.1, 0.15) is 15.9 Å². The Morgan fingerprint density at radius 3 is 2.46 bits per heavy atom. The Hall–Kier alpha value is -3.22. The van der Waals surface area contributed by atoms with Crippen LogP contribution in [0.25, 0.3) is 0 Å². The average Bonchev–Trinajstić information content (AvgIpc) is 2.74. The molecule has 1 heterocycles. The average molecular weight is 398 g/mol. The SMILES string of the molecule is N#Cc1ccccc1NC(=O)c1cccc(S(=O)(=O)N2CCN(C=O)CC2)c1. The number of carbonyl (C=O) groups excluding carboxylic acids is 2. The number of benzene rings is 2. The Labute approximate surface area is 163 Å². The Morgan fingerprint density at radius 1 is 1.07 bits per heavy atom. The van der Waals surface area contributed by atoms with E-state index in [2.05, 4.69) is 5.32 Å². The van der Waals surface area contributed by atoms with Crippen LogP contribution in [-0.4, -0.2) is 56.1 Å². The summed E-state index contributed by atoms with van der Waals surface area (Å²) in [4.78, 5) is 24.9. The zero-order valence-electron chi connectivity index (χ0n) is 14.9. The molecule has 1 aliphatic heterocycles. The van der Waals surface area contributed by atoms with Gasteiger partial charge in [0.15, 0.2) is 0 Å². The first-order chi connectivity index (χ1) is 13.5. The van der Waals surface area contributed by atoms with Gasteiger partial charge in [-0.1, -0.05) is 18.2 Å². The number of sulfonamides is 1. The van der Waals surface area contributed by atoms with Crippen LogP contribution < -0.4 is 5.32 Å². The van der Waals surface area contributed by atoms with E-state index in [4.69, 9.17) is 5.26 Å². The predicted octanol–water partition coefficient (Wildman–Crippen LogP) is 1.27. The molecule has 0 aliphatic carbocycles. The number of hydrogen-bond donors (Lipinski definition) is 1. The van der Waals surface area contributed by atoms with Gasteiger partial charge in [-0.15, -0.1) is 0 Å². The van der Waals surface area contributed by atoms with Gasteiger partial charge in [-0.25, -0.2) is 8.42 Å². The van der Waals surface area contributed by atoms with E-state index in [1.165, 1.54) is 33.5 Å². The molecule has 0 radical (unpaired) electrons. The number of para-hydroxylation sites is 1. The Balaban J connectivity index is 1.81. The molecule has 0 atom stereocenters. The van der Waals surface area contributed by atoms with E-state index in [0.717, 1.165) is 0 Å². The summed E-state index contributed by atoms with van der Waals surface area (Å²) in [7, 11) is -3.78. The quantitative estimate of drug-likeness (QED) is 0.763. The van der Waals surface area contributed by atoms with E-state index in [0.29, 0.717) is 30.8 Å². The van der Waals surface area contributed by atoms with Gasteiger partial charge in [0.05, 0.1) is 16.1 Å². The number of anilines is 1. The molecule has 2 amide bonds. The minimum atomic E-state index is -3.78. The molecule has 1 aliphatic rings. The van der Waals surface area contributed by atoms with Crippen molar-refractivity contribution in [2.45, 2.75) is 4.90 Å². The van der Waals surface area contributed by atoms with Crippen molar-refractivity contribution >= 4 is 28.0 Å². The summed E-state index contributed by atoms with van der Waals surface area (Å²) < 4.78 is 27.0. The van der Waals surface area contributed by atoms with Gasteiger partial charge >= 0.3 is 0 Å². The van der Waals surface area contributed by atoms with Crippen LogP contribution in [0, 0.1) is 11.3 Å². The van der Waals surface area contributed by atoms with Crippen LogP contribution in [0.3, 0.4) is 0 Å². The number of nitriles is 1. The highest BCUT2D eigenvalue weighted by Gasteiger charge is 2.28. The molecule has 144 valence electrons. The van der Waals surface area contributed by atoms with Crippen molar-refractivity contribution in [1.29, 1.82) is 5.26 Å². The predicted molar refractivity (Wildman–Crippen MR) is 102 cm³/mol. The summed E-state index contributed by atoms with van der Waals surface area (Å²) in [6.45, 7) is 1.06. The van der Waals surface area contributed by atoms with Crippen LogP contribution >= 0.6 is 0 Å². The summed E-state index contributed by atoms with van der Waals surface area (Å²) in [5.41, 5.74) is 0.835. The number of rotatable bonds is 5. The lowest BCUT2D eigenvalue weighted by Gasteiger charge is -2.31. The maximum atomic E-state index is 12.9. The van der Waals surface area contributed by atoms with Crippen molar-refractivity contribution in [2.75, 3.05) is 31.5 Å². The first kappa shape index (κ1) is 19.5. The van der Waals surface area contributed by atoms with Crippen molar-refractivity contribution in [3.63, 3.8) is 0 Å². The third-order valence-corrected chi connectivity index (χ3v) is 6.35. The van der Waals surface area contributed by atoms with Crippen molar-refractivity contribution in [1.82, 2.24) is 9.21 Å². The van der Waals surface area contributed by atoms with Gasteiger partial charge in [-0.05, 0) is 30.3 Å². The third kappa shape index (κ3) is 4.03. The van der Waals surface area contributed by atoms with Crippen molar-refractivity contribution in [2.24, 2.45) is 0 Å². The van der Waals surface area contributed by atoms with Crippen LogP contribution in [0.15, 0.2) is 53.4 Å². The molecule has 1 saturated heterocycles. The van der Waals surface area contributed by atoms with E-state index in [-0.39, 0.29) is 23.5 Å². The maximum Gasteiger partial charge on any atom is 0.255 e. The molecule has 8 nitrogen and oxygen atoms in total. The molecule has 0 saturated carbocycles. The van der Waals surface area contributed by atoms with E-state index >= 15 is 0 Å². The number of carbonyl (C=O) groups is 2. The van der Waals surface area contributed by atoms with Crippen molar-refractivity contribution < 1.29 is 18.0 Å². The monoisotopic (exact) mass is 398 g/mol. The van der Waals surface area contributed by atoms with Gasteiger partial charge in [0.25, 0.3) is 5.91 Å². The molecule has 1 fully saturated rings. The lowest BCUT2D eigenvalue weighted by molar-refractivity contribution is -0.119. The Bertz CT molecular complexity index is 1040. The number of nitrogens with one attached hydrogen (secondary N) is 1. The molecule has 0 unspecified atom stereocenters. The lowest BCUT2D eigenvalue weighted by Crippen LogP contribution is -2.47. The normalized spacial score (nSPS) is 14.9. The molecule has 0 bridgehead atoms. The molecule has 3 rings (SSSR count). The molecule has 0 aromatic heterocycles. The molecule has 2 aromatic rings. The van der Waals surface area contributed by atoms with Crippen molar-refractivity contribution in [3.05, 3.63) is 59.7 Å². The lowest BCUT2D eigenvalue weighted by atomic mass is 10.1. The highest BCUT2D eigenvalue weighted by atomic mass is 32.2. The van der Waals surface area contributed by atoms with Crippen LogP contribution in [0.2, 0.25) is 0 Å². The van der Waals surface area contributed by atoms with E-state index in [1.807, 2.05) is 6.07 Å². The van der Waals surface area contributed by atoms with E-state index in [9.17, 15) is 18.0 Å². The van der Waals surface area contributed by atoms with Gasteiger partial charge in [0.2, 0.25) is 16.4 Å². The fraction of sp³-hybridized carbons (Fsp3) is 0.211. The van der Waals surface area contributed by atoms with Gasteiger partial charge in [0, 0.05) is 31.7 Å². The summed E-state index contributed by atoms with van der Waals surface area (Å²) in [5.74, 6) is -0.509. The fourth-order valence-electron chi connectivity index (χ4n) is 2.88. The molecule has 0 spiro atoms. The molecule has 28 heavy (non-hydrogen) atoms. The molecule has 1 N–H and O–H groups in total. The second-order valence-electron chi connectivity index (χ2n) is 6.18. The summed E-state index contributed by atoms with van der Waals surface area (Å²) in [5, 5.41) is 11.8. The van der Waals surface area contributed by atoms with Crippen molar-refractivity contribution in [3.8, 4) is 6.07 Å². The van der Waals surface area contributed by atoms with Crippen LogP contribution in [-0.2, 0) is 14.8 Å². The largest absolute Gasteiger partial charge is 0.343 e. The first-order valence-electron chi connectivity index (χ1n) is 8.56.